The van der Waals surface area contributed by atoms with Gasteiger partial charge in [0.15, 0.2) is 0 Å². The molecular formula is C118H96N4. The summed E-state index contributed by atoms with van der Waals surface area (Å²) in [6.07, 6.45) is 12.0. The van der Waals surface area contributed by atoms with Gasteiger partial charge in [0.1, 0.15) is 0 Å². The molecule has 0 radical (unpaired) electrons. The van der Waals surface area contributed by atoms with Crippen molar-refractivity contribution in [3.63, 3.8) is 0 Å². The summed E-state index contributed by atoms with van der Waals surface area (Å²) in [4.78, 5) is 9.65. The smallest absolute Gasteiger partial charge is 0.0540 e. The summed E-state index contributed by atoms with van der Waals surface area (Å²) >= 11 is 0. The van der Waals surface area contributed by atoms with Crippen molar-refractivity contribution in [3.05, 3.63) is 433 Å². The van der Waals surface area contributed by atoms with Gasteiger partial charge in [0.2, 0.25) is 0 Å². The third kappa shape index (κ3) is 14.4. The highest BCUT2D eigenvalue weighted by Gasteiger charge is 2.25. The Labute approximate surface area is 716 Å². The quantitative estimate of drug-likeness (QED) is 0.0794. The monoisotopic (exact) mass is 1570 g/mol. The SMILES string of the molecule is CCc1ccc(N(c2ccc(-c3ccc(-c4ccc(N(c5ccc(CC)cc5)c5ccc6c(c5)CCCC6)cc4)cc3)cc2)c2ccc3c(c2)CCCC3)cc1.Cc1ccc(N(c2ccc(-c3ccc(-c4ccc(N(c5ccc(C)cc5)c5ccc6ccc7cccc8ccc5c6c78)cc4)cc3)cc2)c2ccc3ccc4cccc5ccc2c3c45)cc1. The first-order chi connectivity index (χ1) is 60.1. The molecule has 588 valence electrons. The Morgan fingerprint density at radius 1 is 0.197 bits per heavy atom. The van der Waals surface area contributed by atoms with Crippen molar-refractivity contribution in [3.8, 4) is 44.5 Å². The van der Waals surface area contributed by atoms with Gasteiger partial charge in [-0.3, -0.25) is 0 Å². The van der Waals surface area contributed by atoms with Gasteiger partial charge in [0.25, 0.3) is 0 Å². The van der Waals surface area contributed by atoms with Crippen molar-refractivity contribution in [2.24, 2.45) is 0 Å². The lowest BCUT2D eigenvalue weighted by Crippen LogP contribution is -2.12. The molecule has 0 aromatic heterocycles. The molecule has 2 aliphatic carbocycles. The largest absolute Gasteiger partial charge is 0.310 e. The van der Waals surface area contributed by atoms with Gasteiger partial charge in [-0.05, 0) is 343 Å². The molecule has 0 aliphatic heterocycles. The number of rotatable bonds is 18. The van der Waals surface area contributed by atoms with Crippen molar-refractivity contribution >= 4 is 133 Å². The second-order valence-electron chi connectivity index (χ2n) is 33.6. The van der Waals surface area contributed by atoms with Crippen LogP contribution in [0.15, 0.2) is 388 Å². The van der Waals surface area contributed by atoms with Crippen molar-refractivity contribution in [1.82, 2.24) is 0 Å². The molecule has 22 rings (SSSR count). The molecule has 4 heteroatoms. The molecule has 4 nitrogen and oxygen atoms in total. The summed E-state index contributed by atoms with van der Waals surface area (Å²) in [5.74, 6) is 0. The molecule has 0 fully saturated rings. The second-order valence-corrected chi connectivity index (χ2v) is 33.6. The van der Waals surface area contributed by atoms with E-state index in [-0.39, 0.29) is 0 Å². The van der Waals surface area contributed by atoms with E-state index in [1.165, 1.54) is 251 Å². The highest BCUT2D eigenvalue weighted by Crippen LogP contribution is 2.49. The first-order valence-corrected chi connectivity index (χ1v) is 43.9. The Hall–Kier alpha value is -14.3. The normalized spacial score (nSPS) is 12.6. The third-order valence-electron chi connectivity index (χ3n) is 26.1. The summed E-state index contributed by atoms with van der Waals surface area (Å²) in [6, 6.07) is 145. The van der Waals surface area contributed by atoms with Gasteiger partial charge >= 0.3 is 0 Å². The molecule has 0 unspecified atom stereocenters. The lowest BCUT2D eigenvalue weighted by Gasteiger charge is -2.28. The van der Waals surface area contributed by atoms with E-state index in [0.29, 0.717) is 0 Å². The van der Waals surface area contributed by atoms with Gasteiger partial charge in [-0.2, -0.15) is 0 Å². The van der Waals surface area contributed by atoms with Crippen LogP contribution < -0.4 is 19.6 Å². The Balaban J connectivity index is 0.000000152. The van der Waals surface area contributed by atoms with E-state index in [9.17, 15) is 0 Å². The van der Waals surface area contributed by atoms with Crippen LogP contribution in [0.4, 0.5) is 68.2 Å². The van der Waals surface area contributed by atoms with E-state index in [0.717, 1.165) is 35.6 Å². The molecule has 0 amide bonds. The maximum absolute atomic E-state index is 2.43. The van der Waals surface area contributed by atoms with E-state index >= 15 is 0 Å². The number of hydrogen-bond acceptors (Lipinski definition) is 4. The molecule has 20 aromatic rings. The third-order valence-corrected chi connectivity index (χ3v) is 26.1. The summed E-state index contributed by atoms with van der Waals surface area (Å²) in [5, 5.41) is 15.4. The van der Waals surface area contributed by atoms with E-state index in [4.69, 9.17) is 0 Å². The molecular weight excluding hydrogens is 1470 g/mol. The van der Waals surface area contributed by atoms with Crippen molar-refractivity contribution in [1.29, 1.82) is 0 Å². The van der Waals surface area contributed by atoms with Gasteiger partial charge in [-0.25, -0.2) is 0 Å². The molecule has 0 atom stereocenters. The molecule has 0 saturated carbocycles. The van der Waals surface area contributed by atoms with Crippen molar-refractivity contribution in [2.75, 3.05) is 19.6 Å². The lowest BCUT2D eigenvalue weighted by atomic mass is 9.91. The maximum Gasteiger partial charge on any atom is 0.0540 e. The number of aryl methyl sites for hydroxylation is 8. The standard InChI is InChI=1S/C64H44N2.C54H52N2/c1-41-9-29-53(30-10-41)65(59-39-27-51-19-17-47-5-3-7-49-25-37-57(59)63(51)61(47)49)55-33-21-45(22-34-55)43-13-15-44(16-14-43)46-23-35-56(36-24-46)66(54-31-11-42(2)12-32-54)60-40-28-52-20-18-48-6-4-8-50-26-38-58(60)64(52)62(48)50;1-3-39-13-27-49(28-14-39)55(53-35-25-41-9-5-7-11-47(41)37-53)51-31-21-45(22-32-51)43-17-19-44(20-18-43)46-23-33-52(34-24-46)56(50-29-15-40(4-2)16-30-50)54-36-26-42-10-6-8-12-48(42)38-54/h3-40H,1-2H3;13-38H,3-12H2,1-2H3. The van der Waals surface area contributed by atoms with E-state index in [2.05, 4.69) is 436 Å². The Kier molecular flexibility index (Phi) is 20.0. The molecule has 0 saturated heterocycles. The molecule has 122 heavy (non-hydrogen) atoms. The Morgan fingerprint density at radius 3 is 0.721 bits per heavy atom. The Morgan fingerprint density at radius 2 is 0.426 bits per heavy atom. The minimum atomic E-state index is 1.04. The van der Waals surface area contributed by atoms with Gasteiger partial charge in [-0.1, -0.05) is 280 Å². The zero-order chi connectivity index (χ0) is 81.7. The highest BCUT2D eigenvalue weighted by atomic mass is 15.2. The molecule has 0 heterocycles. The van der Waals surface area contributed by atoms with Crippen LogP contribution in [0.2, 0.25) is 0 Å². The zero-order valence-electron chi connectivity index (χ0n) is 69.8. The predicted octanol–water partition coefficient (Wildman–Crippen LogP) is 33.2. The van der Waals surface area contributed by atoms with Crippen molar-refractivity contribution in [2.45, 2.75) is 91.9 Å². The molecule has 2 aliphatic rings. The first kappa shape index (κ1) is 75.2. The maximum atomic E-state index is 2.43. The first-order valence-electron chi connectivity index (χ1n) is 43.9. The lowest BCUT2D eigenvalue weighted by molar-refractivity contribution is 0.685. The van der Waals surface area contributed by atoms with Crippen LogP contribution >= 0.6 is 0 Å². The summed E-state index contributed by atoms with van der Waals surface area (Å²) in [5.41, 5.74) is 34.9. The number of nitrogens with zero attached hydrogens (tertiary/aromatic N) is 4. The van der Waals surface area contributed by atoms with Crippen LogP contribution in [-0.4, -0.2) is 0 Å². The topological polar surface area (TPSA) is 13.0 Å². The van der Waals surface area contributed by atoms with Gasteiger partial charge in [0.05, 0.1) is 11.4 Å². The second kappa shape index (κ2) is 32.4. The fourth-order valence-corrected chi connectivity index (χ4v) is 19.4. The highest BCUT2D eigenvalue weighted by molar-refractivity contribution is 6.27. The van der Waals surface area contributed by atoms with Gasteiger partial charge < -0.3 is 19.6 Å². The van der Waals surface area contributed by atoms with Crippen LogP contribution in [0.3, 0.4) is 0 Å². The van der Waals surface area contributed by atoms with Crippen LogP contribution in [0.1, 0.15) is 84.0 Å². The fourth-order valence-electron chi connectivity index (χ4n) is 19.4. The molecule has 20 aromatic carbocycles. The van der Waals surface area contributed by atoms with E-state index in [1.807, 2.05) is 0 Å². The molecule has 0 spiro atoms. The average molecular weight is 1570 g/mol. The number of hydrogen-bond donors (Lipinski definition) is 0. The number of fused-ring (bicyclic) bond motifs is 2. The number of anilines is 12. The Bertz CT molecular complexity index is 6690. The fraction of sp³-hybridized carbons (Fsp3) is 0.119. The molecule has 0 bridgehead atoms. The van der Waals surface area contributed by atoms with Crippen LogP contribution in [-0.2, 0) is 38.5 Å². The van der Waals surface area contributed by atoms with Crippen LogP contribution in [0.5, 0.6) is 0 Å². The van der Waals surface area contributed by atoms with Crippen LogP contribution in [0.25, 0.3) is 109 Å². The predicted molar refractivity (Wildman–Crippen MR) is 522 cm³/mol. The average Bonchev–Trinajstić information content (AvgIpc) is 0.733. The summed E-state index contributed by atoms with van der Waals surface area (Å²) < 4.78 is 0. The van der Waals surface area contributed by atoms with E-state index < -0.39 is 0 Å². The van der Waals surface area contributed by atoms with Gasteiger partial charge in [-0.15, -0.1) is 0 Å². The minimum Gasteiger partial charge on any atom is -0.310 e. The summed E-state index contributed by atoms with van der Waals surface area (Å²) in [6.45, 7) is 8.73. The minimum absolute atomic E-state index is 1.04. The molecule has 0 N–H and O–H groups in total. The van der Waals surface area contributed by atoms with Crippen molar-refractivity contribution < 1.29 is 0 Å². The van der Waals surface area contributed by atoms with E-state index in [1.54, 1.807) is 0 Å². The summed E-state index contributed by atoms with van der Waals surface area (Å²) in [7, 11) is 0. The van der Waals surface area contributed by atoms with Crippen LogP contribution in [0, 0.1) is 13.8 Å². The zero-order valence-corrected chi connectivity index (χ0v) is 69.8. The van der Waals surface area contributed by atoms with Gasteiger partial charge in [0, 0.05) is 67.6 Å². The number of benzene rings is 20.